The van der Waals surface area contributed by atoms with Gasteiger partial charge in [-0.15, -0.1) is 5.10 Å². The van der Waals surface area contributed by atoms with Crippen molar-refractivity contribution in [1.82, 2.24) is 35.4 Å². The summed E-state index contributed by atoms with van der Waals surface area (Å²) in [5, 5.41) is 10.1. The van der Waals surface area contributed by atoms with Gasteiger partial charge in [0.1, 0.15) is 12.0 Å². The van der Waals surface area contributed by atoms with E-state index in [9.17, 15) is 9.59 Å². The molecule has 2 N–H and O–H groups in total. The van der Waals surface area contributed by atoms with Crippen molar-refractivity contribution in [2.75, 3.05) is 7.05 Å². The van der Waals surface area contributed by atoms with Crippen LogP contribution in [0.3, 0.4) is 0 Å². The lowest BCUT2D eigenvalue weighted by atomic mass is 10.2. The third-order valence-electron chi connectivity index (χ3n) is 4.78. The Labute approximate surface area is 195 Å². The number of carbonyl (C=O) groups excluding carboxylic acids is 2. The lowest BCUT2D eigenvalue weighted by Gasteiger charge is -2.15. The molecule has 3 aromatic rings. The average Bonchev–Trinajstić information content (AvgIpc) is 3.50. The molecule has 2 amide bonds. The van der Waals surface area contributed by atoms with Crippen LogP contribution in [0.1, 0.15) is 64.2 Å². The lowest BCUT2D eigenvalue weighted by Crippen LogP contribution is -2.29. The number of halogens is 2. The molecular weight excluding hydrogens is 530 g/mol. The van der Waals surface area contributed by atoms with Crippen LogP contribution in [0.25, 0.3) is 5.82 Å². The molecule has 0 spiro atoms. The first kappa shape index (κ1) is 21.6. The largest absolute Gasteiger partial charge is 0.354 e. The highest BCUT2D eigenvalue weighted by molar-refractivity contribution is 9.11. The van der Waals surface area contributed by atoms with Gasteiger partial charge in [0.15, 0.2) is 17.5 Å². The van der Waals surface area contributed by atoms with Crippen molar-refractivity contribution in [1.29, 1.82) is 0 Å². The second-order valence-corrected chi connectivity index (χ2v) is 9.04. The number of hydrogen-bond acceptors (Lipinski definition) is 6. The summed E-state index contributed by atoms with van der Waals surface area (Å²) in [5.74, 6) is 1.39. The zero-order chi connectivity index (χ0) is 22.1. The molecule has 11 heteroatoms. The molecule has 31 heavy (non-hydrogen) atoms. The Morgan fingerprint density at radius 1 is 1.10 bits per heavy atom. The summed E-state index contributed by atoms with van der Waals surface area (Å²) in [4.78, 5) is 37.8. The minimum Gasteiger partial charge on any atom is -0.354 e. The van der Waals surface area contributed by atoms with Gasteiger partial charge < -0.3 is 10.6 Å². The average molecular weight is 549 g/mol. The van der Waals surface area contributed by atoms with E-state index in [2.05, 4.69) is 62.5 Å². The quantitative estimate of drug-likeness (QED) is 0.488. The third-order valence-corrected chi connectivity index (χ3v) is 5.70. The third kappa shape index (κ3) is 4.82. The molecular formula is C20H19Br2N7O2. The van der Waals surface area contributed by atoms with Crippen molar-refractivity contribution < 1.29 is 9.59 Å². The monoisotopic (exact) mass is 547 g/mol. The van der Waals surface area contributed by atoms with Gasteiger partial charge in [0.25, 0.3) is 11.8 Å². The molecule has 1 aliphatic carbocycles. The van der Waals surface area contributed by atoms with Crippen molar-refractivity contribution >= 4 is 43.7 Å². The summed E-state index contributed by atoms with van der Waals surface area (Å²) >= 11 is 6.80. The van der Waals surface area contributed by atoms with Crippen molar-refractivity contribution in [3.63, 3.8) is 0 Å². The normalized spacial score (nSPS) is 14.2. The molecule has 2 heterocycles. The number of nitrogens with one attached hydrogen (secondary N) is 2. The highest BCUT2D eigenvalue weighted by atomic mass is 79.9. The SMILES string of the molecule is CNC(=O)c1cc(-n2nc(C3CC3)nc2[C@H](C)NC(=O)c2cc(Br)cc(Br)c2)ncn1. The summed E-state index contributed by atoms with van der Waals surface area (Å²) in [6.45, 7) is 1.84. The van der Waals surface area contributed by atoms with E-state index < -0.39 is 6.04 Å². The fourth-order valence-electron chi connectivity index (χ4n) is 3.05. The van der Waals surface area contributed by atoms with Gasteiger partial charge in [-0.2, -0.15) is 4.68 Å². The fourth-order valence-corrected chi connectivity index (χ4v) is 4.34. The molecule has 0 bridgehead atoms. The van der Waals surface area contributed by atoms with Crippen molar-refractivity contribution in [3.05, 3.63) is 62.4 Å². The van der Waals surface area contributed by atoms with Crippen LogP contribution in [0.2, 0.25) is 0 Å². The molecule has 1 aromatic carbocycles. The summed E-state index contributed by atoms with van der Waals surface area (Å²) in [5.41, 5.74) is 0.725. The van der Waals surface area contributed by atoms with E-state index in [1.54, 1.807) is 22.9 Å². The van der Waals surface area contributed by atoms with Crippen LogP contribution in [0, 0.1) is 0 Å². The molecule has 0 aliphatic heterocycles. The van der Waals surface area contributed by atoms with Crippen LogP contribution >= 0.6 is 31.9 Å². The van der Waals surface area contributed by atoms with E-state index in [0.717, 1.165) is 21.8 Å². The molecule has 4 rings (SSSR count). The summed E-state index contributed by atoms with van der Waals surface area (Å²) in [6.07, 6.45) is 3.37. The molecule has 9 nitrogen and oxygen atoms in total. The van der Waals surface area contributed by atoms with Gasteiger partial charge in [-0.05, 0) is 38.0 Å². The number of hydrogen-bond donors (Lipinski definition) is 2. The molecule has 2 aromatic heterocycles. The Bertz CT molecular complexity index is 1140. The summed E-state index contributed by atoms with van der Waals surface area (Å²) < 4.78 is 3.16. The minimum absolute atomic E-state index is 0.220. The Morgan fingerprint density at radius 2 is 1.81 bits per heavy atom. The summed E-state index contributed by atoms with van der Waals surface area (Å²) in [6, 6.07) is 6.44. The highest BCUT2D eigenvalue weighted by Gasteiger charge is 2.31. The Morgan fingerprint density at radius 3 is 2.45 bits per heavy atom. The van der Waals surface area contributed by atoms with Crippen molar-refractivity contribution in [3.8, 4) is 5.82 Å². The Kier molecular flexibility index (Phi) is 6.15. The molecule has 1 fully saturated rings. The molecule has 0 radical (unpaired) electrons. The fraction of sp³-hybridized carbons (Fsp3) is 0.300. The van der Waals surface area contributed by atoms with E-state index in [-0.39, 0.29) is 17.5 Å². The molecule has 1 aliphatic rings. The van der Waals surface area contributed by atoms with Gasteiger partial charge in [-0.3, -0.25) is 9.59 Å². The number of carbonyl (C=O) groups is 2. The van der Waals surface area contributed by atoms with E-state index in [1.807, 2.05) is 13.0 Å². The second-order valence-electron chi connectivity index (χ2n) is 7.21. The van der Waals surface area contributed by atoms with Gasteiger partial charge in [0, 0.05) is 33.5 Å². The topological polar surface area (TPSA) is 115 Å². The smallest absolute Gasteiger partial charge is 0.269 e. The van der Waals surface area contributed by atoms with Gasteiger partial charge >= 0.3 is 0 Å². The standard InChI is InChI=1S/C20H19Br2N7O2/c1-10(26-19(30)12-5-13(21)7-14(22)6-12)18-27-17(11-3-4-11)28-29(18)16-8-15(20(31)23-2)24-9-25-16/h5-11H,3-4H2,1-2H3,(H,23,31)(H,26,30)/t10-/m0/s1. The maximum Gasteiger partial charge on any atom is 0.269 e. The van der Waals surface area contributed by atoms with E-state index in [4.69, 9.17) is 0 Å². The van der Waals surface area contributed by atoms with E-state index in [0.29, 0.717) is 28.9 Å². The lowest BCUT2D eigenvalue weighted by molar-refractivity contribution is 0.0935. The van der Waals surface area contributed by atoms with Crippen LogP contribution in [-0.4, -0.2) is 43.6 Å². The van der Waals surface area contributed by atoms with Crippen molar-refractivity contribution in [2.45, 2.75) is 31.7 Å². The van der Waals surface area contributed by atoms with E-state index in [1.165, 1.54) is 13.4 Å². The van der Waals surface area contributed by atoms with Crippen LogP contribution in [0.5, 0.6) is 0 Å². The molecule has 1 saturated carbocycles. The molecule has 0 saturated heterocycles. The Balaban J connectivity index is 1.66. The van der Waals surface area contributed by atoms with Gasteiger partial charge in [0.2, 0.25) is 0 Å². The number of aromatic nitrogens is 5. The first-order valence-electron chi connectivity index (χ1n) is 9.64. The van der Waals surface area contributed by atoms with Gasteiger partial charge in [-0.1, -0.05) is 31.9 Å². The van der Waals surface area contributed by atoms with Crippen LogP contribution in [0.4, 0.5) is 0 Å². The Hall–Kier alpha value is -2.66. The zero-order valence-electron chi connectivity index (χ0n) is 16.8. The number of amides is 2. The first-order chi connectivity index (χ1) is 14.9. The molecule has 0 unspecified atom stereocenters. The zero-order valence-corrected chi connectivity index (χ0v) is 19.9. The number of nitrogens with zero attached hydrogens (tertiary/aromatic N) is 5. The predicted octanol–water partition coefficient (Wildman–Crippen LogP) is 3.31. The number of rotatable bonds is 6. The van der Waals surface area contributed by atoms with Crippen molar-refractivity contribution in [2.24, 2.45) is 0 Å². The minimum atomic E-state index is -0.455. The maximum absolute atomic E-state index is 12.8. The van der Waals surface area contributed by atoms with Crippen LogP contribution in [-0.2, 0) is 0 Å². The van der Waals surface area contributed by atoms with Crippen LogP contribution in [0.15, 0.2) is 39.5 Å². The predicted molar refractivity (Wildman–Crippen MR) is 120 cm³/mol. The van der Waals surface area contributed by atoms with E-state index >= 15 is 0 Å². The summed E-state index contributed by atoms with van der Waals surface area (Å²) in [7, 11) is 1.54. The second kappa shape index (κ2) is 8.83. The van der Waals surface area contributed by atoms with Crippen LogP contribution < -0.4 is 10.6 Å². The highest BCUT2D eigenvalue weighted by Crippen LogP contribution is 2.38. The first-order valence-corrected chi connectivity index (χ1v) is 11.2. The van der Waals surface area contributed by atoms with Gasteiger partial charge in [0.05, 0.1) is 6.04 Å². The number of benzene rings is 1. The maximum atomic E-state index is 12.8. The molecule has 160 valence electrons. The molecule has 1 atom stereocenters. The van der Waals surface area contributed by atoms with Gasteiger partial charge in [-0.25, -0.2) is 15.0 Å².